The zero-order valence-corrected chi connectivity index (χ0v) is 17.1. The number of nitrogens with zero attached hydrogens (tertiary/aromatic N) is 3. The van der Waals surface area contributed by atoms with E-state index in [-0.39, 0.29) is 22.3 Å². The van der Waals surface area contributed by atoms with Crippen molar-refractivity contribution in [2.75, 3.05) is 23.3 Å². The van der Waals surface area contributed by atoms with Crippen molar-refractivity contribution >= 4 is 25.7 Å². The van der Waals surface area contributed by atoms with E-state index in [0.29, 0.717) is 17.9 Å². The summed E-state index contributed by atoms with van der Waals surface area (Å²) in [6, 6.07) is 8.26. The summed E-state index contributed by atoms with van der Waals surface area (Å²) in [6.07, 6.45) is 2.82. The highest BCUT2D eigenvalue weighted by molar-refractivity contribution is 7.92. The van der Waals surface area contributed by atoms with E-state index >= 15 is 0 Å². The van der Waals surface area contributed by atoms with Gasteiger partial charge in [-0.2, -0.15) is 13.5 Å². The van der Waals surface area contributed by atoms with Crippen LogP contribution in [0.5, 0.6) is 5.75 Å². The molecule has 0 spiro atoms. The minimum atomic E-state index is -3.93. The molecule has 1 saturated heterocycles. The van der Waals surface area contributed by atoms with Crippen molar-refractivity contribution in [2.45, 2.75) is 17.5 Å². The largest absolute Gasteiger partial charge is 0.497 e. The van der Waals surface area contributed by atoms with Gasteiger partial charge in [0.1, 0.15) is 11.6 Å². The maximum atomic E-state index is 12.6. The monoisotopic (exact) mass is 437 g/mol. The maximum Gasteiger partial charge on any atom is 0.280 e. The van der Waals surface area contributed by atoms with Gasteiger partial charge < -0.3 is 9.72 Å². The summed E-state index contributed by atoms with van der Waals surface area (Å²) in [5.74, 6) is 0.820. The number of aromatic amines is 1. The molecule has 3 aromatic rings. The lowest BCUT2D eigenvalue weighted by Gasteiger charge is -2.14. The van der Waals surface area contributed by atoms with E-state index in [1.54, 1.807) is 37.4 Å². The lowest BCUT2D eigenvalue weighted by Crippen LogP contribution is -2.20. The molecular formula is C17H19N5O5S2. The van der Waals surface area contributed by atoms with Gasteiger partial charge in [-0.3, -0.25) is 4.72 Å². The fourth-order valence-electron chi connectivity index (χ4n) is 3.20. The SMILES string of the molecule is COc1ccc(-c2cc(NS(=O)(=O)c3cnc[nH]3)n(C3CCS(=O)(=O)C3)n2)cc1. The molecule has 10 nitrogen and oxygen atoms in total. The van der Waals surface area contributed by atoms with Crippen LogP contribution in [0.3, 0.4) is 0 Å². The number of ether oxygens (including phenoxy) is 1. The first-order chi connectivity index (χ1) is 13.8. The van der Waals surface area contributed by atoms with Crippen molar-refractivity contribution in [1.82, 2.24) is 19.7 Å². The summed E-state index contributed by atoms with van der Waals surface area (Å²) in [5.41, 5.74) is 1.26. The van der Waals surface area contributed by atoms with Gasteiger partial charge >= 0.3 is 0 Å². The molecular weight excluding hydrogens is 418 g/mol. The summed E-state index contributed by atoms with van der Waals surface area (Å²) < 4.78 is 58.2. The Kier molecular flexibility index (Phi) is 4.82. The number of benzene rings is 1. The normalized spacial score (nSPS) is 18.6. The first kappa shape index (κ1) is 19.5. The standard InChI is InChI=1S/C17H19N5O5S2/c1-27-14-4-2-12(3-5-14)15-8-16(21-29(25,26)17-9-18-11-19-17)22(20-15)13-6-7-28(23,24)10-13/h2-5,8-9,11,13,21H,6-7,10H2,1H3,(H,18,19). The van der Waals surface area contributed by atoms with Gasteiger partial charge in [-0.25, -0.2) is 18.1 Å². The Labute approximate surface area is 167 Å². The van der Waals surface area contributed by atoms with Crippen LogP contribution in [0.15, 0.2) is 47.9 Å². The van der Waals surface area contributed by atoms with E-state index in [1.807, 2.05) is 0 Å². The Balaban J connectivity index is 1.74. The summed E-state index contributed by atoms with van der Waals surface area (Å²) in [6.45, 7) is 0. The molecule has 1 aromatic carbocycles. The van der Waals surface area contributed by atoms with Crippen LogP contribution >= 0.6 is 0 Å². The average molecular weight is 438 g/mol. The van der Waals surface area contributed by atoms with Crippen LogP contribution in [0.4, 0.5) is 5.82 Å². The van der Waals surface area contributed by atoms with Crippen LogP contribution in [0.25, 0.3) is 11.3 Å². The number of sulfone groups is 1. The molecule has 4 rings (SSSR count). The van der Waals surface area contributed by atoms with Crippen molar-refractivity contribution in [1.29, 1.82) is 0 Å². The van der Waals surface area contributed by atoms with Gasteiger partial charge in [-0.1, -0.05) is 0 Å². The van der Waals surface area contributed by atoms with Crippen LogP contribution in [0.1, 0.15) is 12.5 Å². The number of H-pyrrole nitrogens is 1. The minimum absolute atomic E-state index is 0.0438. The number of sulfonamides is 1. The van der Waals surface area contributed by atoms with Gasteiger partial charge in [0, 0.05) is 11.6 Å². The predicted molar refractivity (Wildman–Crippen MR) is 106 cm³/mol. The molecule has 0 aliphatic carbocycles. The van der Waals surface area contributed by atoms with Gasteiger partial charge in [0.25, 0.3) is 10.0 Å². The molecule has 3 heterocycles. The van der Waals surface area contributed by atoms with Crippen LogP contribution < -0.4 is 9.46 Å². The van der Waals surface area contributed by atoms with Crippen LogP contribution in [-0.2, 0) is 19.9 Å². The number of hydrogen-bond donors (Lipinski definition) is 2. The molecule has 12 heteroatoms. The third-order valence-electron chi connectivity index (χ3n) is 4.68. The number of aromatic nitrogens is 4. The summed E-state index contributed by atoms with van der Waals surface area (Å²) in [5, 5.41) is 4.41. The van der Waals surface area contributed by atoms with Crippen molar-refractivity contribution in [3.05, 3.63) is 42.9 Å². The number of methoxy groups -OCH3 is 1. The van der Waals surface area contributed by atoms with Crippen LogP contribution in [0, 0.1) is 0 Å². The van der Waals surface area contributed by atoms with Gasteiger partial charge in [-0.05, 0) is 30.7 Å². The van der Waals surface area contributed by atoms with E-state index in [9.17, 15) is 16.8 Å². The zero-order chi connectivity index (χ0) is 20.6. The second-order valence-electron chi connectivity index (χ2n) is 6.67. The van der Waals surface area contributed by atoms with Gasteiger partial charge in [-0.15, -0.1) is 0 Å². The molecule has 0 saturated carbocycles. The Morgan fingerprint density at radius 1 is 1.28 bits per heavy atom. The highest BCUT2D eigenvalue weighted by Gasteiger charge is 2.32. The molecule has 1 aliphatic rings. The molecule has 0 bridgehead atoms. The molecule has 1 fully saturated rings. The van der Waals surface area contributed by atoms with Crippen molar-refractivity contribution in [3.8, 4) is 17.0 Å². The zero-order valence-electron chi connectivity index (χ0n) is 15.4. The topological polar surface area (TPSA) is 136 Å². The molecule has 2 N–H and O–H groups in total. The molecule has 0 amide bonds. The van der Waals surface area contributed by atoms with E-state index in [0.717, 1.165) is 5.56 Å². The summed E-state index contributed by atoms with van der Waals surface area (Å²) in [7, 11) is -5.55. The van der Waals surface area contributed by atoms with Gasteiger partial charge in [0.2, 0.25) is 0 Å². The Bertz CT molecular complexity index is 1220. The smallest absolute Gasteiger partial charge is 0.280 e. The quantitative estimate of drug-likeness (QED) is 0.595. The highest BCUT2D eigenvalue weighted by Crippen LogP contribution is 2.31. The second-order valence-corrected chi connectivity index (χ2v) is 10.5. The van der Waals surface area contributed by atoms with E-state index in [2.05, 4.69) is 19.8 Å². The van der Waals surface area contributed by atoms with E-state index in [1.165, 1.54) is 17.2 Å². The third kappa shape index (κ3) is 3.98. The maximum absolute atomic E-state index is 12.6. The fourth-order valence-corrected chi connectivity index (χ4v) is 5.84. The van der Waals surface area contributed by atoms with E-state index < -0.39 is 25.9 Å². The molecule has 2 aromatic heterocycles. The van der Waals surface area contributed by atoms with Gasteiger partial charge in [0.15, 0.2) is 14.9 Å². The fraction of sp³-hybridized carbons (Fsp3) is 0.294. The van der Waals surface area contributed by atoms with Crippen molar-refractivity contribution < 1.29 is 21.6 Å². The molecule has 0 radical (unpaired) electrons. The summed E-state index contributed by atoms with van der Waals surface area (Å²) >= 11 is 0. The van der Waals surface area contributed by atoms with Gasteiger partial charge in [0.05, 0.1) is 42.9 Å². The lowest BCUT2D eigenvalue weighted by molar-refractivity contribution is 0.415. The number of nitrogens with one attached hydrogen (secondary N) is 2. The molecule has 29 heavy (non-hydrogen) atoms. The minimum Gasteiger partial charge on any atom is -0.497 e. The lowest BCUT2D eigenvalue weighted by atomic mass is 10.1. The predicted octanol–water partition coefficient (Wildman–Crippen LogP) is 1.44. The first-order valence-corrected chi connectivity index (χ1v) is 12.0. The first-order valence-electron chi connectivity index (χ1n) is 8.73. The van der Waals surface area contributed by atoms with Crippen LogP contribution in [0.2, 0.25) is 0 Å². The third-order valence-corrected chi connectivity index (χ3v) is 7.71. The van der Waals surface area contributed by atoms with E-state index in [4.69, 9.17) is 4.74 Å². The molecule has 1 atom stereocenters. The Morgan fingerprint density at radius 3 is 2.62 bits per heavy atom. The Hall–Kier alpha value is -2.86. The van der Waals surface area contributed by atoms with Crippen molar-refractivity contribution in [3.63, 3.8) is 0 Å². The number of anilines is 1. The molecule has 154 valence electrons. The number of imidazole rings is 1. The number of rotatable bonds is 6. The second kappa shape index (κ2) is 7.19. The molecule has 1 aliphatic heterocycles. The average Bonchev–Trinajstić information content (AvgIpc) is 3.41. The van der Waals surface area contributed by atoms with Crippen molar-refractivity contribution in [2.24, 2.45) is 0 Å². The highest BCUT2D eigenvalue weighted by atomic mass is 32.2. The summed E-state index contributed by atoms with van der Waals surface area (Å²) in [4.78, 5) is 6.28. The Morgan fingerprint density at radius 2 is 2.03 bits per heavy atom. The van der Waals surface area contributed by atoms with Crippen LogP contribution in [-0.4, -0.2) is 55.2 Å². The number of hydrogen-bond acceptors (Lipinski definition) is 7. The molecule has 1 unspecified atom stereocenters.